The van der Waals surface area contributed by atoms with Gasteiger partial charge in [0, 0.05) is 24.9 Å². The Hall–Kier alpha value is -2.51. The summed E-state index contributed by atoms with van der Waals surface area (Å²) in [6.07, 6.45) is 1.39. The van der Waals surface area contributed by atoms with Gasteiger partial charge in [0.2, 0.25) is 0 Å². The van der Waals surface area contributed by atoms with E-state index in [-0.39, 0.29) is 46.8 Å². The number of likely N-dealkylation sites (tertiary alicyclic amines) is 1. The van der Waals surface area contributed by atoms with Crippen molar-refractivity contribution in [3.63, 3.8) is 0 Å². The highest BCUT2D eigenvalue weighted by molar-refractivity contribution is 5.80. The Bertz CT molecular complexity index is 915. The van der Waals surface area contributed by atoms with Gasteiger partial charge in [0.25, 0.3) is 0 Å². The second kappa shape index (κ2) is 6.53. The number of ether oxygens (including phenoxy) is 1. The molecule has 4 rings (SSSR count). The van der Waals surface area contributed by atoms with Crippen molar-refractivity contribution in [2.24, 2.45) is 5.92 Å². The molecule has 0 bridgehead atoms. The van der Waals surface area contributed by atoms with Gasteiger partial charge in [-0.25, -0.2) is 18.6 Å². The minimum absolute atomic E-state index is 0.0338. The maximum atomic E-state index is 14.9. The highest BCUT2D eigenvalue weighted by Gasteiger charge is 2.35. The molecule has 1 saturated heterocycles. The molecule has 1 aliphatic heterocycles. The molecule has 8 heteroatoms. The summed E-state index contributed by atoms with van der Waals surface area (Å²) in [7, 11) is 0. The van der Waals surface area contributed by atoms with E-state index in [1.54, 1.807) is 25.7 Å². The summed E-state index contributed by atoms with van der Waals surface area (Å²) in [4.78, 5) is 32.1. The molecule has 1 fully saturated rings. The summed E-state index contributed by atoms with van der Waals surface area (Å²) in [5.41, 5.74) is -0.0659. The molecule has 6 nitrogen and oxygen atoms in total. The zero-order valence-electron chi connectivity index (χ0n) is 16.1. The number of aldehydes is 1. The Balaban J connectivity index is 1.60. The van der Waals surface area contributed by atoms with Gasteiger partial charge >= 0.3 is 6.09 Å². The first kappa shape index (κ1) is 18.8. The van der Waals surface area contributed by atoms with Gasteiger partial charge < -0.3 is 19.4 Å². The molecule has 1 aromatic heterocycles. The van der Waals surface area contributed by atoms with Crippen LogP contribution in [0.1, 0.15) is 50.1 Å². The first-order valence-electron chi connectivity index (χ1n) is 9.49. The van der Waals surface area contributed by atoms with Crippen LogP contribution < -0.4 is 0 Å². The number of rotatable bonds is 2. The largest absolute Gasteiger partial charge is 0.444 e. The van der Waals surface area contributed by atoms with Gasteiger partial charge in [-0.15, -0.1) is 0 Å². The van der Waals surface area contributed by atoms with Crippen LogP contribution in [-0.2, 0) is 22.4 Å². The monoisotopic (exact) mass is 391 g/mol. The number of nitrogens with zero attached hydrogens (tertiary/aromatic N) is 2. The fourth-order valence-electron chi connectivity index (χ4n) is 4.06. The number of amides is 1. The second-order valence-corrected chi connectivity index (χ2v) is 8.65. The lowest BCUT2D eigenvalue weighted by Gasteiger charge is -2.24. The van der Waals surface area contributed by atoms with Crippen LogP contribution in [0.5, 0.6) is 0 Å². The first-order chi connectivity index (χ1) is 13.2. The predicted molar refractivity (Wildman–Crippen MR) is 98.1 cm³/mol. The normalized spacial score (nSPS) is 20.0. The topological polar surface area (TPSA) is 75.3 Å². The van der Waals surface area contributed by atoms with Crippen molar-refractivity contribution in [3.8, 4) is 0 Å². The smallest absolute Gasteiger partial charge is 0.410 e. The summed E-state index contributed by atoms with van der Waals surface area (Å²) >= 11 is 0. The lowest BCUT2D eigenvalue weighted by molar-refractivity contribution is -0.110. The predicted octanol–water partition coefficient (Wildman–Crippen LogP) is 3.48. The number of nitrogens with one attached hydrogen (secondary N) is 1. The van der Waals surface area contributed by atoms with Crippen LogP contribution in [0.3, 0.4) is 0 Å². The molecule has 1 aliphatic carbocycles. The summed E-state index contributed by atoms with van der Waals surface area (Å²) < 4.78 is 35.2. The standard InChI is InChI=1S/C20H23F2N3O3/c1-20(2,3)28-19(27)25-5-4-11(8-25)18-23-16-14(21)12-6-10(9-26)7-13(12)15(22)17(16)24-18/h9-11H,4-8H2,1-3H3,(H,23,24)/t11-/m0/s1. The number of H-pyrrole nitrogens is 1. The average Bonchev–Trinajstić information content (AvgIpc) is 3.34. The van der Waals surface area contributed by atoms with E-state index in [1.807, 2.05) is 0 Å². The number of halogens is 2. The van der Waals surface area contributed by atoms with Gasteiger partial charge in [-0.05, 0) is 51.2 Å². The Kier molecular flexibility index (Phi) is 4.39. The SMILES string of the molecule is CC(C)(C)OC(=O)N1CC[C@H](c2nc3c(F)c4c(c(F)c3[nH]2)CC(C=O)C4)C1. The average molecular weight is 391 g/mol. The Morgan fingerprint density at radius 1 is 1.25 bits per heavy atom. The van der Waals surface area contributed by atoms with Crippen molar-refractivity contribution < 1.29 is 23.1 Å². The van der Waals surface area contributed by atoms with Gasteiger partial charge in [0.1, 0.15) is 28.7 Å². The number of fused-ring (bicyclic) bond motifs is 2. The third-order valence-electron chi connectivity index (χ3n) is 5.40. The van der Waals surface area contributed by atoms with E-state index in [2.05, 4.69) is 9.97 Å². The van der Waals surface area contributed by atoms with E-state index in [0.717, 1.165) is 6.29 Å². The van der Waals surface area contributed by atoms with Crippen LogP contribution in [0.2, 0.25) is 0 Å². The van der Waals surface area contributed by atoms with Crippen molar-refractivity contribution >= 4 is 23.4 Å². The fraction of sp³-hybridized carbons (Fsp3) is 0.550. The third-order valence-corrected chi connectivity index (χ3v) is 5.40. The van der Waals surface area contributed by atoms with Crippen LogP contribution in [0.15, 0.2) is 0 Å². The molecule has 1 amide bonds. The minimum atomic E-state index is -0.583. The first-order valence-corrected chi connectivity index (χ1v) is 9.49. The summed E-state index contributed by atoms with van der Waals surface area (Å²) in [5, 5.41) is 0. The molecule has 2 atom stereocenters. The van der Waals surface area contributed by atoms with Gasteiger partial charge in [0.05, 0.1) is 0 Å². The Labute approximate surface area is 161 Å². The van der Waals surface area contributed by atoms with Gasteiger partial charge in [-0.2, -0.15) is 0 Å². The van der Waals surface area contributed by atoms with Crippen LogP contribution in [0, 0.1) is 17.6 Å². The highest BCUT2D eigenvalue weighted by Crippen LogP contribution is 2.36. The molecule has 2 heterocycles. The second-order valence-electron chi connectivity index (χ2n) is 8.65. The number of aromatic nitrogens is 2. The van der Waals surface area contributed by atoms with Crippen molar-refractivity contribution in [3.05, 3.63) is 28.6 Å². The third kappa shape index (κ3) is 3.14. The lowest BCUT2D eigenvalue weighted by atomic mass is 10.1. The van der Waals surface area contributed by atoms with E-state index < -0.39 is 23.3 Å². The van der Waals surface area contributed by atoms with Crippen LogP contribution in [-0.4, -0.2) is 45.9 Å². The van der Waals surface area contributed by atoms with Crippen LogP contribution >= 0.6 is 0 Å². The molecular formula is C20H23F2N3O3. The van der Waals surface area contributed by atoms with E-state index >= 15 is 0 Å². The van der Waals surface area contributed by atoms with Crippen molar-refractivity contribution in [1.82, 2.24) is 14.9 Å². The molecule has 2 aliphatic rings. The van der Waals surface area contributed by atoms with E-state index in [4.69, 9.17) is 4.74 Å². The van der Waals surface area contributed by atoms with Gasteiger partial charge in [-0.1, -0.05) is 0 Å². The highest BCUT2D eigenvalue weighted by atomic mass is 19.1. The minimum Gasteiger partial charge on any atom is -0.444 e. The maximum absolute atomic E-state index is 14.9. The molecule has 150 valence electrons. The van der Waals surface area contributed by atoms with Crippen molar-refractivity contribution in [2.75, 3.05) is 13.1 Å². The molecule has 0 radical (unpaired) electrons. The molecule has 1 aromatic carbocycles. The molecule has 1 N–H and O–H groups in total. The molecule has 28 heavy (non-hydrogen) atoms. The Morgan fingerprint density at radius 3 is 2.57 bits per heavy atom. The number of hydrogen-bond acceptors (Lipinski definition) is 4. The quantitative estimate of drug-likeness (QED) is 0.796. The summed E-state index contributed by atoms with van der Waals surface area (Å²) in [5.74, 6) is -1.15. The van der Waals surface area contributed by atoms with E-state index in [0.29, 0.717) is 25.3 Å². The Morgan fingerprint density at radius 2 is 1.93 bits per heavy atom. The number of carbonyl (C=O) groups is 2. The van der Waals surface area contributed by atoms with Gasteiger partial charge in [0.15, 0.2) is 11.6 Å². The number of aromatic amines is 1. The fourth-order valence-corrected chi connectivity index (χ4v) is 4.06. The maximum Gasteiger partial charge on any atom is 0.410 e. The van der Waals surface area contributed by atoms with Crippen LogP contribution in [0.25, 0.3) is 11.0 Å². The zero-order chi connectivity index (χ0) is 20.2. The summed E-state index contributed by atoms with van der Waals surface area (Å²) in [6.45, 7) is 6.29. The molecule has 1 unspecified atom stereocenters. The van der Waals surface area contributed by atoms with Crippen molar-refractivity contribution in [2.45, 2.75) is 51.6 Å². The molecule has 0 spiro atoms. The number of imidazole rings is 1. The molecular weight excluding hydrogens is 368 g/mol. The number of carbonyl (C=O) groups excluding carboxylic acids is 2. The number of benzene rings is 1. The summed E-state index contributed by atoms with van der Waals surface area (Å²) in [6, 6.07) is 0. The van der Waals surface area contributed by atoms with E-state index in [1.165, 1.54) is 0 Å². The molecule has 0 saturated carbocycles. The molecule has 2 aromatic rings. The lowest BCUT2D eigenvalue weighted by Crippen LogP contribution is -2.35. The van der Waals surface area contributed by atoms with Gasteiger partial charge in [-0.3, -0.25) is 0 Å². The van der Waals surface area contributed by atoms with E-state index in [9.17, 15) is 18.4 Å². The van der Waals surface area contributed by atoms with Crippen LogP contribution in [0.4, 0.5) is 13.6 Å². The van der Waals surface area contributed by atoms with Crippen molar-refractivity contribution in [1.29, 1.82) is 0 Å². The zero-order valence-corrected chi connectivity index (χ0v) is 16.1. The number of hydrogen-bond donors (Lipinski definition) is 1.